The number of Topliss-reactive ketones (excluding diaryl/α,β-unsaturated/α-hetero) is 1. The van der Waals surface area contributed by atoms with Gasteiger partial charge in [0.25, 0.3) is 0 Å². The molecule has 154 valence electrons. The van der Waals surface area contributed by atoms with Gasteiger partial charge < -0.3 is 4.90 Å². The Kier molecular flexibility index (Phi) is 4.86. The minimum atomic E-state index is -3.45. The van der Waals surface area contributed by atoms with Crippen LogP contribution in [0.25, 0.3) is 0 Å². The number of rotatable bonds is 5. The number of hydrogen-bond acceptors (Lipinski definition) is 4. The van der Waals surface area contributed by atoms with Crippen molar-refractivity contribution in [3.63, 3.8) is 0 Å². The number of fused-ring (bicyclic) bond motifs is 2. The molecular formula is C22H32N2O3S. The third-order valence-corrected chi connectivity index (χ3v) is 9.92. The van der Waals surface area contributed by atoms with Crippen LogP contribution in [0.5, 0.6) is 0 Å². The van der Waals surface area contributed by atoms with Crippen molar-refractivity contribution in [2.45, 2.75) is 46.5 Å². The molecule has 6 heteroatoms. The first-order chi connectivity index (χ1) is 13.2. The van der Waals surface area contributed by atoms with Crippen molar-refractivity contribution in [1.29, 1.82) is 0 Å². The van der Waals surface area contributed by atoms with Gasteiger partial charge in [-0.3, -0.25) is 4.79 Å². The van der Waals surface area contributed by atoms with Gasteiger partial charge in [-0.05, 0) is 42.2 Å². The van der Waals surface area contributed by atoms with Gasteiger partial charge >= 0.3 is 0 Å². The van der Waals surface area contributed by atoms with Crippen LogP contribution in [-0.4, -0.2) is 50.4 Å². The molecule has 0 radical (unpaired) electrons. The third kappa shape index (κ3) is 2.91. The molecule has 2 atom stereocenters. The van der Waals surface area contributed by atoms with Gasteiger partial charge in [-0.15, -0.1) is 0 Å². The second-order valence-corrected chi connectivity index (χ2v) is 11.3. The monoisotopic (exact) mass is 404 g/mol. The van der Waals surface area contributed by atoms with Gasteiger partial charge in [-0.2, -0.15) is 4.31 Å². The molecule has 2 aliphatic carbocycles. The molecule has 0 spiro atoms. The Hall–Kier alpha value is -1.40. The molecule has 3 fully saturated rings. The number of para-hydroxylation sites is 1. The summed E-state index contributed by atoms with van der Waals surface area (Å²) in [5, 5.41) is 0. The number of ketones is 1. The SMILES string of the molecule is CCc1ccccc1N1CCN(S(=O)(=O)C[C@]23CC[C@H](CC2=O)C3(C)C)CC1. The maximum Gasteiger partial charge on any atom is 0.215 e. The van der Waals surface area contributed by atoms with Crippen molar-refractivity contribution in [3.8, 4) is 0 Å². The van der Waals surface area contributed by atoms with E-state index in [2.05, 4.69) is 43.9 Å². The van der Waals surface area contributed by atoms with E-state index in [9.17, 15) is 13.2 Å². The van der Waals surface area contributed by atoms with Crippen LogP contribution in [0, 0.1) is 16.7 Å². The highest BCUT2D eigenvalue weighted by molar-refractivity contribution is 7.89. The van der Waals surface area contributed by atoms with E-state index >= 15 is 0 Å². The first-order valence-electron chi connectivity index (χ1n) is 10.6. The molecule has 0 amide bonds. The number of carbonyl (C=O) groups is 1. The molecule has 28 heavy (non-hydrogen) atoms. The van der Waals surface area contributed by atoms with Crippen LogP contribution in [0.3, 0.4) is 0 Å². The van der Waals surface area contributed by atoms with Crippen molar-refractivity contribution in [2.75, 3.05) is 36.8 Å². The molecular weight excluding hydrogens is 372 g/mol. The molecule has 1 aromatic carbocycles. The highest BCUT2D eigenvalue weighted by Crippen LogP contribution is 2.64. The standard InChI is InChI=1S/C22H32N2O3S/c1-4-17-7-5-6-8-19(17)23-11-13-24(14-12-23)28(26,27)16-22-10-9-18(15-20(22)25)21(22,2)3/h5-8,18H,4,9-16H2,1-3H3/t18-,22-/m1/s1. The molecule has 4 rings (SSSR count). The minimum Gasteiger partial charge on any atom is -0.369 e. The van der Waals surface area contributed by atoms with Crippen molar-refractivity contribution in [3.05, 3.63) is 29.8 Å². The maximum atomic E-state index is 13.3. The average molecular weight is 405 g/mol. The van der Waals surface area contributed by atoms with E-state index in [0.29, 0.717) is 38.5 Å². The normalized spacial score (nSPS) is 30.2. The molecule has 0 aromatic heterocycles. The predicted octanol–water partition coefficient (Wildman–Crippen LogP) is 3.10. The quantitative estimate of drug-likeness (QED) is 0.757. The minimum absolute atomic E-state index is 0.00607. The lowest BCUT2D eigenvalue weighted by Crippen LogP contribution is -2.53. The number of anilines is 1. The molecule has 2 saturated carbocycles. The van der Waals surface area contributed by atoms with Gasteiger partial charge in [0.15, 0.2) is 0 Å². The Bertz CT molecular complexity index is 872. The van der Waals surface area contributed by atoms with E-state index in [-0.39, 0.29) is 17.0 Å². The van der Waals surface area contributed by atoms with E-state index in [1.165, 1.54) is 11.3 Å². The highest BCUT2D eigenvalue weighted by Gasteiger charge is 2.65. The summed E-state index contributed by atoms with van der Waals surface area (Å²) in [5.74, 6) is 0.513. The summed E-state index contributed by atoms with van der Waals surface area (Å²) in [4.78, 5) is 15.0. The van der Waals surface area contributed by atoms with Crippen LogP contribution in [0.4, 0.5) is 5.69 Å². The summed E-state index contributed by atoms with van der Waals surface area (Å²) < 4.78 is 28.2. The van der Waals surface area contributed by atoms with Gasteiger partial charge in [-0.1, -0.05) is 39.0 Å². The zero-order chi connectivity index (χ0) is 20.2. The second kappa shape index (κ2) is 6.84. The molecule has 0 unspecified atom stereocenters. The maximum absolute atomic E-state index is 13.3. The average Bonchev–Trinajstić information content (AvgIpc) is 3.02. The number of sulfonamides is 1. The fraction of sp³-hybridized carbons (Fsp3) is 0.682. The number of carbonyl (C=O) groups excluding carboxylic acids is 1. The molecule has 5 nitrogen and oxygen atoms in total. The molecule has 1 heterocycles. The van der Waals surface area contributed by atoms with Crippen LogP contribution in [0.15, 0.2) is 24.3 Å². The lowest BCUT2D eigenvalue weighted by atomic mass is 9.70. The Morgan fingerprint density at radius 2 is 1.79 bits per heavy atom. The van der Waals surface area contributed by atoms with Gasteiger partial charge in [0.1, 0.15) is 5.78 Å². The summed E-state index contributed by atoms with van der Waals surface area (Å²) >= 11 is 0. The fourth-order valence-electron chi connectivity index (χ4n) is 5.84. The van der Waals surface area contributed by atoms with Crippen LogP contribution in [-0.2, 0) is 21.2 Å². The Labute approximate surface area is 169 Å². The first-order valence-corrected chi connectivity index (χ1v) is 12.2. The number of hydrogen-bond donors (Lipinski definition) is 0. The summed E-state index contributed by atoms with van der Waals surface area (Å²) in [6.45, 7) is 8.74. The Balaban J connectivity index is 1.48. The van der Waals surface area contributed by atoms with E-state index in [0.717, 1.165) is 19.3 Å². The third-order valence-electron chi connectivity index (χ3n) is 7.91. The number of nitrogens with zero attached hydrogens (tertiary/aromatic N) is 2. The first kappa shape index (κ1) is 19.9. The van der Waals surface area contributed by atoms with Crippen LogP contribution in [0.1, 0.15) is 45.6 Å². The number of piperazine rings is 1. The predicted molar refractivity (Wildman–Crippen MR) is 112 cm³/mol. The van der Waals surface area contributed by atoms with Crippen molar-refractivity contribution in [1.82, 2.24) is 4.31 Å². The fourth-order valence-corrected chi connectivity index (χ4v) is 8.04. The van der Waals surface area contributed by atoms with E-state index in [4.69, 9.17) is 0 Å². The molecule has 1 aliphatic heterocycles. The van der Waals surface area contributed by atoms with E-state index < -0.39 is 15.4 Å². The van der Waals surface area contributed by atoms with Crippen LogP contribution in [0.2, 0.25) is 0 Å². The lowest BCUT2D eigenvalue weighted by Gasteiger charge is -2.40. The summed E-state index contributed by atoms with van der Waals surface area (Å²) in [6.07, 6.45) is 3.24. The van der Waals surface area contributed by atoms with Gasteiger partial charge in [-0.25, -0.2) is 8.42 Å². The van der Waals surface area contributed by atoms with Crippen molar-refractivity contribution in [2.24, 2.45) is 16.7 Å². The molecule has 1 aromatic rings. The second-order valence-electron chi connectivity index (χ2n) is 9.29. The smallest absolute Gasteiger partial charge is 0.215 e. The lowest BCUT2D eigenvalue weighted by molar-refractivity contribution is -0.128. The zero-order valence-electron chi connectivity index (χ0n) is 17.3. The Morgan fingerprint density at radius 1 is 1.11 bits per heavy atom. The molecule has 2 bridgehead atoms. The summed E-state index contributed by atoms with van der Waals surface area (Å²) in [6, 6.07) is 8.36. The number of benzene rings is 1. The molecule has 3 aliphatic rings. The van der Waals surface area contributed by atoms with Crippen molar-refractivity contribution >= 4 is 21.5 Å². The number of aryl methyl sites for hydroxylation is 1. The summed E-state index contributed by atoms with van der Waals surface area (Å²) in [7, 11) is -3.45. The van der Waals surface area contributed by atoms with E-state index in [1.807, 2.05) is 6.07 Å². The van der Waals surface area contributed by atoms with Crippen molar-refractivity contribution < 1.29 is 13.2 Å². The Morgan fingerprint density at radius 3 is 2.36 bits per heavy atom. The van der Waals surface area contributed by atoms with Crippen LogP contribution < -0.4 is 4.90 Å². The summed E-state index contributed by atoms with van der Waals surface area (Å²) in [5.41, 5.74) is 1.63. The van der Waals surface area contributed by atoms with Gasteiger partial charge in [0.05, 0.1) is 5.75 Å². The van der Waals surface area contributed by atoms with Gasteiger partial charge in [0.2, 0.25) is 10.0 Å². The van der Waals surface area contributed by atoms with Gasteiger partial charge in [0, 0.05) is 43.7 Å². The largest absolute Gasteiger partial charge is 0.369 e. The molecule has 0 N–H and O–H groups in total. The zero-order valence-corrected chi connectivity index (χ0v) is 18.1. The van der Waals surface area contributed by atoms with E-state index in [1.54, 1.807) is 4.31 Å². The van der Waals surface area contributed by atoms with Crippen LogP contribution >= 0.6 is 0 Å². The highest BCUT2D eigenvalue weighted by atomic mass is 32.2. The molecule has 1 saturated heterocycles. The topological polar surface area (TPSA) is 57.7 Å².